The van der Waals surface area contributed by atoms with Gasteiger partial charge < -0.3 is 4.74 Å². The van der Waals surface area contributed by atoms with E-state index in [-0.39, 0.29) is 0 Å². The van der Waals surface area contributed by atoms with Crippen molar-refractivity contribution in [1.82, 2.24) is 0 Å². The molecular weight excluding hydrogens is 1230 g/mol. The molecule has 3 atom stereocenters. The van der Waals surface area contributed by atoms with E-state index in [1.165, 1.54) is 43.4 Å². The van der Waals surface area contributed by atoms with Crippen LogP contribution in [0.3, 0.4) is 0 Å². The topological polar surface area (TPSA) is 34.0 Å². The second-order valence-electron chi connectivity index (χ2n) is 36.1. The Balaban J connectivity index is 0.846. The van der Waals surface area contributed by atoms with Crippen LogP contribution in [0.4, 0.5) is 11.4 Å². The van der Waals surface area contributed by atoms with Crippen LogP contribution >= 0.6 is 0 Å². The van der Waals surface area contributed by atoms with Gasteiger partial charge in [-0.3, -0.25) is 9.98 Å². The molecule has 3 nitrogen and oxygen atoms in total. The van der Waals surface area contributed by atoms with E-state index in [0.717, 1.165) is 55.6 Å². The lowest BCUT2D eigenvalue weighted by molar-refractivity contribution is 0.415. The Morgan fingerprint density at radius 1 is 0.275 bits per heavy atom. The Hall–Kier alpha value is -11.8. The minimum absolute atomic E-state index is 0.424. The lowest BCUT2D eigenvalue weighted by Gasteiger charge is -2.34. The maximum absolute atomic E-state index is 6.52. The predicted molar refractivity (Wildman–Crippen MR) is 423 cm³/mol. The van der Waals surface area contributed by atoms with Gasteiger partial charge in [0.05, 0.1) is 18.5 Å². The summed E-state index contributed by atoms with van der Waals surface area (Å²) in [5.41, 5.74) is 20.0. The number of benzene rings is 22. The van der Waals surface area contributed by atoms with Crippen LogP contribution in [0.5, 0.6) is 5.75 Å². The summed E-state index contributed by atoms with van der Waals surface area (Å²) in [5, 5.41) is 84.2. The van der Waals surface area contributed by atoms with Crippen LogP contribution in [0.25, 0.3) is 291 Å². The van der Waals surface area contributed by atoms with Gasteiger partial charge in [0.15, 0.2) is 0 Å². The number of ether oxygens (including phenoxy) is 1. The van der Waals surface area contributed by atoms with Gasteiger partial charge in [0, 0.05) is 50.3 Å². The molecule has 2 saturated carbocycles. The van der Waals surface area contributed by atoms with E-state index in [2.05, 4.69) is 116 Å². The van der Waals surface area contributed by atoms with Crippen molar-refractivity contribution in [1.29, 1.82) is 0 Å². The van der Waals surface area contributed by atoms with Crippen LogP contribution < -0.4 is 4.74 Å². The summed E-state index contributed by atoms with van der Waals surface area (Å²) in [4.78, 5) is 12.7. The lowest BCUT2D eigenvalue weighted by Crippen LogP contribution is -2.28. The maximum Gasteiger partial charge on any atom is 0.119 e. The minimum Gasteiger partial charge on any atom is -0.497 e. The summed E-state index contributed by atoms with van der Waals surface area (Å²) >= 11 is 0. The van der Waals surface area contributed by atoms with Crippen molar-refractivity contribution in [2.45, 2.75) is 60.2 Å². The normalized spacial score (nSPS) is 26.6. The van der Waals surface area contributed by atoms with Gasteiger partial charge in [-0.15, -0.1) is 0 Å². The third kappa shape index (κ3) is 2.69. The molecule has 102 heavy (non-hydrogen) atoms. The molecule has 4 spiro atoms. The highest BCUT2D eigenvalue weighted by Crippen LogP contribution is 3.03. The van der Waals surface area contributed by atoms with E-state index in [0.29, 0.717) is 0 Å². The van der Waals surface area contributed by atoms with E-state index in [4.69, 9.17) is 14.7 Å². The highest BCUT2D eigenvalue weighted by molar-refractivity contribution is 6.79. The molecule has 14 aliphatic rings. The van der Waals surface area contributed by atoms with Gasteiger partial charge in [-0.2, -0.15) is 0 Å². The second kappa shape index (κ2) is 10.8. The lowest BCUT2D eigenvalue weighted by atomic mass is 9.66. The molecule has 12 bridgehead atoms. The number of rotatable bonds is 5. The van der Waals surface area contributed by atoms with Gasteiger partial charge in [-0.05, 0) is 410 Å². The monoisotopic (exact) mass is 1270 g/mol. The minimum atomic E-state index is -0.445. The number of hydrogen-bond donors (Lipinski definition) is 0. The van der Waals surface area contributed by atoms with Crippen molar-refractivity contribution in [3.63, 3.8) is 0 Å². The number of hydrogen-bond acceptors (Lipinski definition) is 3. The van der Waals surface area contributed by atoms with Crippen molar-refractivity contribution >= 4 is 304 Å². The molecular formula is C99H34N2O. The van der Waals surface area contributed by atoms with Crippen molar-refractivity contribution in [2.24, 2.45) is 20.8 Å². The van der Waals surface area contributed by atoms with Gasteiger partial charge in [0.1, 0.15) is 5.75 Å². The Kier molecular flexibility index (Phi) is 4.57. The summed E-state index contributed by atoms with van der Waals surface area (Å²) in [5.74, 6) is 0.882. The average Bonchev–Trinajstić information content (AvgIpc) is 1.34. The number of nitrogens with zero attached hydrogens (tertiary/aromatic N) is 2. The van der Waals surface area contributed by atoms with Gasteiger partial charge >= 0.3 is 0 Å². The Morgan fingerprint density at radius 2 is 0.569 bits per heavy atom. The standard InChI is InChI=1S/C99H34N2O/c1-102-33-19-17-32(18-20-33)100-25-94-23-3-5-27-9-11-28(12-10-27)6-4-24-95(26-101-35-22-16-31-14-13-29-7-2-8-30-15-21-34(35)37(31)36(29)30)96-86-72-62-51-42-38-39-41-46-40(38)47-44-49(42)57(62)68-60-53(44)64-55(47)66-59(46)67-56-48(41)45-50-43(39)52(51)63-58(50)69-61-54(45)65(56)77-81-71(61)83(79(69)87(96)73(63)72)93-85-84-90-80(70(60)82(78(68)86)92(84)99(93,95)96)76(64)88-74(66)75(67)89(77)98(94,91(81)85)97(88,90)94/h2,7-22,25-26H,3-6,23-24H2,1H3. The molecule has 44 rings (SSSR count). The highest BCUT2D eigenvalue weighted by atomic mass is 16.5. The molecule has 30 aromatic carbocycles. The van der Waals surface area contributed by atoms with E-state index in [1.54, 1.807) is 311 Å². The van der Waals surface area contributed by atoms with Crippen molar-refractivity contribution in [3.05, 3.63) is 159 Å². The quantitative estimate of drug-likeness (QED) is 0.125. The fraction of sp³-hybridized carbons (Fsp3) is 0.131. The molecule has 0 amide bonds. The summed E-state index contributed by atoms with van der Waals surface area (Å²) < 4.78 is 5.93. The number of methoxy groups -OCH3 is 1. The van der Waals surface area contributed by atoms with E-state index >= 15 is 0 Å². The first kappa shape index (κ1) is 43.0. The first-order chi connectivity index (χ1) is 50.7. The Bertz CT molecular complexity index is 9360. The molecule has 0 aromatic heterocycles. The third-order valence-electron chi connectivity index (χ3n) is 35.2. The first-order valence-corrected chi connectivity index (χ1v) is 38.2. The molecule has 0 heterocycles. The Morgan fingerprint density at radius 3 is 0.941 bits per heavy atom. The van der Waals surface area contributed by atoms with E-state index in [1.807, 2.05) is 0 Å². The molecule has 0 radical (unpaired) electrons. The summed E-state index contributed by atoms with van der Waals surface area (Å²) in [6.07, 6.45) is 11.9. The molecule has 14 aliphatic carbocycles. The van der Waals surface area contributed by atoms with Gasteiger partial charge in [-0.1, -0.05) is 72.8 Å². The molecule has 0 aliphatic heterocycles. The van der Waals surface area contributed by atoms with E-state index in [9.17, 15) is 0 Å². The van der Waals surface area contributed by atoms with Gasteiger partial charge in [0.2, 0.25) is 0 Å². The van der Waals surface area contributed by atoms with E-state index < -0.39 is 32.5 Å². The predicted octanol–water partition coefficient (Wildman–Crippen LogP) is 24.9. The van der Waals surface area contributed by atoms with Gasteiger partial charge in [0.25, 0.3) is 0 Å². The fourth-order valence-corrected chi connectivity index (χ4v) is 34.2. The molecule has 30 aromatic rings. The second-order valence-corrected chi connectivity index (χ2v) is 36.1. The molecule has 3 unspecified atom stereocenters. The number of aliphatic imine (C=N–C) groups is 2. The van der Waals surface area contributed by atoms with Gasteiger partial charge in [-0.25, -0.2) is 0 Å². The fourth-order valence-electron chi connectivity index (χ4n) is 34.2. The van der Waals surface area contributed by atoms with Crippen LogP contribution in [-0.4, -0.2) is 19.5 Å². The first-order valence-electron chi connectivity index (χ1n) is 38.2. The van der Waals surface area contributed by atoms with Crippen LogP contribution in [0, 0.1) is 10.8 Å². The zero-order valence-electron chi connectivity index (χ0n) is 54.0. The van der Waals surface area contributed by atoms with Crippen LogP contribution in [0.1, 0.15) is 81.3 Å². The van der Waals surface area contributed by atoms with Crippen LogP contribution in [0.15, 0.2) is 113 Å². The SMILES string of the molecule is COc1ccc(N=CC23CCCc4ccc(cc4)CCCC4(C=Nc5ccc6ccc7cccc8ccc5c6c78)C56c7c8c9c%10c%11c%12c%13c%14c%15c%16c%17c(c-8c5c5c8c%18c%19c%20c(c%21c7c%10c7c%21c%10c%20c%20c%21c%19c%19c8c(c5%17)c5c%16c8c%14c%14c%13c%13c%11c7c7c%10c%20c%10c(c%137)c%14c7c8c5c%19c%21c7%10)C%1846)C%152C9%123)cc1. The van der Waals surface area contributed by atoms with Crippen molar-refractivity contribution in [2.75, 3.05) is 7.11 Å². The zero-order valence-corrected chi connectivity index (χ0v) is 54.0. The highest BCUT2D eigenvalue weighted by Gasteiger charge is 2.98. The molecule has 2 fully saturated rings. The third-order valence-corrected chi connectivity index (χ3v) is 35.2. The summed E-state index contributed by atoms with van der Waals surface area (Å²) in [6.45, 7) is 0. The van der Waals surface area contributed by atoms with Crippen LogP contribution in [0.2, 0.25) is 0 Å². The summed E-state index contributed by atoms with van der Waals surface area (Å²) in [6, 6.07) is 40.3. The van der Waals surface area contributed by atoms with Crippen LogP contribution in [-0.2, 0) is 34.5 Å². The summed E-state index contributed by atoms with van der Waals surface area (Å²) in [7, 11) is 1.80. The Labute approximate surface area is 568 Å². The van der Waals surface area contributed by atoms with Crippen molar-refractivity contribution in [3.8, 4) is 16.9 Å². The largest absolute Gasteiger partial charge is 0.497 e. The smallest absolute Gasteiger partial charge is 0.119 e. The van der Waals surface area contributed by atoms with Crippen molar-refractivity contribution < 1.29 is 4.74 Å². The maximum atomic E-state index is 6.52. The molecule has 0 N–H and O–H groups in total. The number of aryl methyl sites for hydroxylation is 2. The zero-order chi connectivity index (χ0) is 62.5. The molecule has 3 heteroatoms. The molecule has 446 valence electrons. The molecule has 0 saturated heterocycles. The average molecular weight is 1270 g/mol.